The molecule has 1 heterocycles. The second-order valence-electron chi connectivity index (χ2n) is 6.29. The molecule has 1 aliphatic rings. The molecule has 2 amide bonds. The number of benzene rings is 2. The number of aliphatic hydroxyl groups is 1. The van der Waals surface area contributed by atoms with E-state index >= 15 is 0 Å². The quantitative estimate of drug-likeness (QED) is 0.581. The highest BCUT2D eigenvalue weighted by atomic mass is 32.2. The van der Waals surface area contributed by atoms with Crippen molar-refractivity contribution in [2.45, 2.75) is 0 Å². The first-order chi connectivity index (χ1) is 14.6. The Morgan fingerprint density at radius 2 is 1.43 bits per heavy atom. The molecule has 7 nitrogen and oxygen atoms in total. The van der Waals surface area contributed by atoms with E-state index in [0.717, 1.165) is 0 Å². The molecule has 0 spiro atoms. The van der Waals surface area contributed by atoms with Crippen molar-refractivity contribution in [1.82, 2.24) is 4.90 Å². The van der Waals surface area contributed by atoms with E-state index in [2.05, 4.69) is 0 Å². The Morgan fingerprint density at radius 1 is 0.867 bits per heavy atom. The average molecular weight is 429 g/mol. The summed E-state index contributed by atoms with van der Waals surface area (Å²) < 4.78 is 15.9. The number of carbonyl (C=O) groups excluding carboxylic acids is 2. The van der Waals surface area contributed by atoms with E-state index in [1.807, 2.05) is 0 Å². The molecule has 30 heavy (non-hydrogen) atoms. The summed E-state index contributed by atoms with van der Waals surface area (Å²) in [7, 11) is 3.14. The summed E-state index contributed by atoms with van der Waals surface area (Å²) in [6, 6.07) is 14.0. The number of carbonyl (C=O) groups is 2. The first-order valence-corrected chi connectivity index (χ1v) is 10.3. The van der Waals surface area contributed by atoms with Gasteiger partial charge in [-0.2, -0.15) is 0 Å². The fraction of sp³-hybridized carbons (Fsp3) is 0.273. The van der Waals surface area contributed by atoms with Gasteiger partial charge in [-0.05, 0) is 42.0 Å². The van der Waals surface area contributed by atoms with E-state index < -0.39 is 0 Å². The molecule has 1 N–H and O–H groups in total. The van der Waals surface area contributed by atoms with Gasteiger partial charge in [0.1, 0.15) is 23.9 Å². The number of hydrogen-bond donors (Lipinski definition) is 1. The molecule has 0 aromatic heterocycles. The Hall–Kier alpha value is -2.97. The van der Waals surface area contributed by atoms with Crippen LogP contribution >= 0.6 is 11.8 Å². The number of thioether (sulfide) groups is 1. The highest BCUT2D eigenvalue weighted by molar-refractivity contribution is 8.04. The van der Waals surface area contributed by atoms with Crippen molar-refractivity contribution in [3.8, 4) is 17.2 Å². The van der Waals surface area contributed by atoms with Gasteiger partial charge in [-0.25, -0.2) is 0 Å². The van der Waals surface area contributed by atoms with E-state index in [0.29, 0.717) is 39.0 Å². The van der Waals surface area contributed by atoms with Crippen molar-refractivity contribution in [2.24, 2.45) is 0 Å². The topological polar surface area (TPSA) is 85.3 Å². The number of nitrogens with zero attached hydrogens (tertiary/aromatic N) is 1. The highest BCUT2D eigenvalue weighted by Gasteiger charge is 2.38. The van der Waals surface area contributed by atoms with Gasteiger partial charge >= 0.3 is 0 Å². The van der Waals surface area contributed by atoms with Gasteiger partial charge in [0.25, 0.3) is 11.8 Å². The normalized spacial score (nSPS) is 13.8. The number of amides is 2. The number of hydrogen-bond acceptors (Lipinski definition) is 7. The van der Waals surface area contributed by atoms with E-state index in [9.17, 15) is 14.7 Å². The standard InChI is InChI=1S/C22H23NO6S/c1-27-16-5-3-15(4-6-16)19-20(30-14-12-24)22(26)23(21(19)25)11-13-29-18-9-7-17(28-2)8-10-18/h3-10,24H,11-14H2,1-2H3. The number of imide groups is 1. The fourth-order valence-corrected chi connectivity index (χ4v) is 3.86. The maximum absolute atomic E-state index is 13.0. The summed E-state index contributed by atoms with van der Waals surface area (Å²) in [6.07, 6.45) is 0. The molecule has 8 heteroatoms. The molecule has 1 aliphatic heterocycles. The average Bonchev–Trinajstić information content (AvgIpc) is 3.02. The first kappa shape index (κ1) is 21.7. The van der Waals surface area contributed by atoms with E-state index in [1.165, 1.54) is 16.7 Å². The smallest absolute Gasteiger partial charge is 0.268 e. The van der Waals surface area contributed by atoms with Crippen LogP contribution in [-0.4, -0.2) is 61.6 Å². The number of aliphatic hydroxyl groups excluding tert-OH is 1. The van der Waals surface area contributed by atoms with Crippen LogP contribution in [0.5, 0.6) is 17.2 Å². The number of ether oxygens (including phenoxy) is 3. The molecule has 0 fully saturated rings. The van der Waals surface area contributed by atoms with E-state index in [1.54, 1.807) is 62.8 Å². The Kier molecular flexibility index (Phi) is 7.37. The van der Waals surface area contributed by atoms with Crippen LogP contribution in [-0.2, 0) is 9.59 Å². The zero-order valence-electron chi connectivity index (χ0n) is 16.8. The fourth-order valence-electron chi connectivity index (χ4n) is 2.98. The first-order valence-electron chi connectivity index (χ1n) is 9.34. The maximum atomic E-state index is 13.0. The monoisotopic (exact) mass is 429 g/mol. The van der Waals surface area contributed by atoms with Crippen LogP contribution < -0.4 is 14.2 Å². The molecule has 0 aliphatic carbocycles. The van der Waals surface area contributed by atoms with Gasteiger partial charge in [0.15, 0.2) is 0 Å². The van der Waals surface area contributed by atoms with Crippen LogP contribution in [0.2, 0.25) is 0 Å². The molecular weight excluding hydrogens is 406 g/mol. The van der Waals surface area contributed by atoms with Gasteiger partial charge in [0, 0.05) is 5.75 Å². The molecule has 0 bridgehead atoms. The summed E-state index contributed by atoms with van der Waals surface area (Å²) in [4.78, 5) is 27.5. The lowest BCUT2D eigenvalue weighted by atomic mass is 10.1. The lowest BCUT2D eigenvalue weighted by Crippen LogP contribution is -2.35. The van der Waals surface area contributed by atoms with Gasteiger partial charge in [-0.3, -0.25) is 14.5 Å². The van der Waals surface area contributed by atoms with Gasteiger partial charge < -0.3 is 19.3 Å². The van der Waals surface area contributed by atoms with Gasteiger partial charge in [0.2, 0.25) is 0 Å². The molecule has 0 saturated carbocycles. The number of methoxy groups -OCH3 is 2. The Balaban J connectivity index is 1.73. The minimum atomic E-state index is -0.373. The third-order valence-corrected chi connectivity index (χ3v) is 5.54. The predicted molar refractivity (Wildman–Crippen MR) is 115 cm³/mol. The van der Waals surface area contributed by atoms with Crippen LogP contribution in [0.15, 0.2) is 53.4 Å². The summed E-state index contributed by atoms with van der Waals surface area (Å²) in [5.41, 5.74) is 0.971. The molecule has 0 saturated heterocycles. The van der Waals surface area contributed by atoms with Crippen LogP contribution in [0.3, 0.4) is 0 Å². The molecule has 0 radical (unpaired) electrons. The van der Waals surface area contributed by atoms with E-state index in [-0.39, 0.29) is 31.6 Å². The molecule has 2 aromatic carbocycles. The van der Waals surface area contributed by atoms with Crippen LogP contribution in [0, 0.1) is 0 Å². The summed E-state index contributed by atoms with van der Waals surface area (Å²) in [6.45, 7) is 0.191. The predicted octanol–water partition coefficient (Wildman–Crippen LogP) is 2.59. The molecule has 3 rings (SSSR count). The van der Waals surface area contributed by atoms with Crippen molar-refractivity contribution in [2.75, 3.05) is 39.7 Å². The lowest BCUT2D eigenvalue weighted by molar-refractivity contribution is -0.136. The maximum Gasteiger partial charge on any atom is 0.268 e. The largest absolute Gasteiger partial charge is 0.497 e. The van der Waals surface area contributed by atoms with Gasteiger partial charge in [-0.15, -0.1) is 11.8 Å². The highest BCUT2D eigenvalue weighted by Crippen LogP contribution is 2.36. The van der Waals surface area contributed by atoms with Crippen LogP contribution in [0.4, 0.5) is 0 Å². The summed E-state index contributed by atoms with van der Waals surface area (Å²) >= 11 is 1.18. The Morgan fingerprint density at radius 3 is 2.00 bits per heavy atom. The molecule has 2 aromatic rings. The van der Waals surface area contributed by atoms with Crippen molar-refractivity contribution in [1.29, 1.82) is 0 Å². The van der Waals surface area contributed by atoms with Gasteiger partial charge in [0.05, 0.1) is 37.8 Å². The second-order valence-corrected chi connectivity index (χ2v) is 7.40. The minimum Gasteiger partial charge on any atom is -0.497 e. The zero-order valence-corrected chi connectivity index (χ0v) is 17.6. The van der Waals surface area contributed by atoms with Crippen molar-refractivity contribution in [3.63, 3.8) is 0 Å². The van der Waals surface area contributed by atoms with Crippen LogP contribution in [0.1, 0.15) is 5.56 Å². The third kappa shape index (κ3) is 4.77. The van der Waals surface area contributed by atoms with Gasteiger partial charge in [-0.1, -0.05) is 12.1 Å². The second kappa shape index (κ2) is 10.2. The third-order valence-electron chi connectivity index (χ3n) is 4.48. The summed E-state index contributed by atoms with van der Waals surface area (Å²) in [5.74, 6) is 1.57. The van der Waals surface area contributed by atoms with Crippen molar-refractivity contribution < 1.29 is 28.9 Å². The molecular formula is C22H23NO6S. The Bertz CT molecular complexity index is 924. The molecule has 158 valence electrons. The molecule has 0 atom stereocenters. The van der Waals surface area contributed by atoms with E-state index in [4.69, 9.17) is 14.2 Å². The minimum absolute atomic E-state index is 0.0912. The van der Waals surface area contributed by atoms with Crippen LogP contribution in [0.25, 0.3) is 5.57 Å². The summed E-state index contributed by atoms with van der Waals surface area (Å²) in [5, 5.41) is 9.18. The van der Waals surface area contributed by atoms with Crippen molar-refractivity contribution in [3.05, 3.63) is 59.0 Å². The zero-order chi connectivity index (χ0) is 21.5. The Labute approximate surface area is 179 Å². The van der Waals surface area contributed by atoms with Crippen molar-refractivity contribution >= 4 is 29.1 Å². The SMILES string of the molecule is COc1ccc(OCCN2C(=O)C(SCCO)=C(c3ccc(OC)cc3)C2=O)cc1. The number of rotatable bonds is 10. The molecule has 0 unspecified atom stereocenters. The lowest BCUT2D eigenvalue weighted by Gasteiger charge is -2.16.